The smallest absolute Gasteiger partial charge is 0.323 e. The Hall–Kier alpha value is -4.48. The van der Waals surface area contributed by atoms with Crippen molar-refractivity contribution < 1.29 is 14.3 Å². The van der Waals surface area contributed by atoms with Gasteiger partial charge in [-0.05, 0) is 67.6 Å². The second kappa shape index (κ2) is 13.7. The second-order valence-electron chi connectivity index (χ2n) is 10.2. The van der Waals surface area contributed by atoms with Gasteiger partial charge < -0.3 is 9.47 Å². The molecule has 0 spiro atoms. The normalized spacial score (nSPS) is 13.9. The van der Waals surface area contributed by atoms with Gasteiger partial charge >= 0.3 is 5.91 Å². The van der Waals surface area contributed by atoms with Gasteiger partial charge in [0, 0.05) is 29.9 Å². The molecular weight excluding hydrogens is 572 g/mol. The number of ether oxygens (including phenoxy) is 2. The molecule has 5 rings (SSSR count). The molecule has 0 fully saturated rings. The highest BCUT2D eigenvalue weighted by Gasteiger charge is 2.22. The summed E-state index contributed by atoms with van der Waals surface area (Å²) in [6.07, 6.45) is 3.03. The number of nitroso groups, excluding NO2 is 2. The summed E-state index contributed by atoms with van der Waals surface area (Å²) in [5.74, 6) is -0.0386. The molecule has 43 heavy (non-hydrogen) atoms. The predicted octanol–water partition coefficient (Wildman–Crippen LogP) is 6.03. The van der Waals surface area contributed by atoms with E-state index in [4.69, 9.17) is 26.1 Å². The van der Waals surface area contributed by atoms with Gasteiger partial charge in [0.05, 0.1) is 30.1 Å². The standard InChI is InChI=1S/C31H31ClN6O5/c1-3-42-31-25(30(39)36-41)18-33-38(31)28-9-5-8-27(35-28)24-6-4-7-26(32)29(24)43-19-21-10-11-22-12-14-37(20(2)17-34-40)15-13-23(22)16-21/h4-11,16,18,20H,3,12-15,17,19H2,1-2H3. The highest BCUT2D eigenvalue weighted by molar-refractivity contribution is 6.32. The maximum atomic E-state index is 12.0. The number of carbonyl (C=O) groups is 1. The van der Waals surface area contributed by atoms with E-state index >= 15 is 0 Å². The topological polar surface area (TPSA) is 128 Å². The van der Waals surface area contributed by atoms with E-state index in [1.165, 1.54) is 22.0 Å². The van der Waals surface area contributed by atoms with Gasteiger partial charge in [-0.15, -0.1) is 4.91 Å². The molecule has 222 valence electrons. The van der Waals surface area contributed by atoms with E-state index in [0.29, 0.717) is 41.0 Å². The number of pyridine rings is 1. The van der Waals surface area contributed by atoms with Crippen LogP contribution in [-0.2, 0) is 19.4 Å². The number of benzene rings is 2. The molecule has 2 aromatic carbocycles. The van der Waals surface area contributed by atoms with Crippen molar-refractivity contribution in [1.29, 1.82) is 0 Å². The first-order chi connectivity index (χ1) is 20.9. The zero-order valence-electron chi connectivity index (χ0n) is 23.9. The molecule has 1 aliphatic heterocycles. The van der Waals surface area contributed by atoms with Crippen molar-refractivity contribution in [3.63, 3.8) is 0 Å². The summed E-state index contributed by atoms with van der Waals surface area (Å²) in [5, 5.41) is 10.2. The quantitative estimate of drug-likeness (QED) is 0.190. The van der Waals surface area contributed by atoms with E-state index in [1.54, 1.807) is 25.1 Å². The van der Waals surface area contributed by atoms with Crippen LogP contribution in [0.25, 0.3) is 17.1 Å². The minimum atomic E-state index is -0.976. The number of aromatic nitrogens is 3. The maximum absolute atomic E-state index is 12.0. The third kappa shape index (κ3) is 6.63. The Morgan fingerprint density at radius 1 is 1.05 bits per heavy atom. The van der Waals surface area contributed by atoms with Crippen LogP contribution >= 0.6 is 11.6 Å². The van der Waals surface area contributed by atoms with Crippen LogP contribution in [0.2, 0.25) is 5.02 Å². The summed E-state index contributed by atoms with van der Waals surface area (Å²) in [7, 11) is 0. The lowest BCUT2D eigenvalue weighted by Crippen LogP contribution is -2.37. The molecule has 0 N–H and O–H groups in total. The number of para-hydroxylation sites is 1. The summed E-state index contributed by atoms with van der Waals surface area (Å²) < 4.78 is 13.3. The minimum Gasteiger partial charge on any atom is -0.487 e. The Kier molecular flexibility index (Phi) is 9.53. The van der Waals surface area contributed by atoms with E-state index in [2.05, 4.69) is 38.6 Å². The van der Waals surface area contributed by atoms with Gasteiger partial charge in [-0.1, -0.05) is 47.1 Å². The zero-order valence-corrected chi connectivity index (χ0v) is 24.7. The fourth-order valence-corrected chi connectivity index (χ4v) is 5.45. The number of carbonyl (C=O) groups excluding carboxylic acids is 1. The maximum Gasteiger partial charge on any atom is 0.323 e. The van der Waals surface area contributed by atoms with E-state index in [0.717, 1.165) is 31.5 Å². The molecule has 2 aromatic heterocycles. The Morgan fingerprint density at radius 2 is 1.84 bits per heavy atom. The number of rotatable bonds is 11. The Labute approximate surface area is 253 Å². The van der Waals surface area contributed by atoms with Gasteiger partial charge in [0.2, 0.25) is 5.88 Å². The van der Waals surface area contributed by atoms with Crippen LogP contribution in [0.5, 0.6) is 11.6 Å². The average molecular weight is 603 g/mol. The van der Waals surface area contributed by atoms with Crippen LogP contribution in [0.15, 0.2) is 71.1 Å². The van der Waals surface area contributed by atoms with Crippen LogP contribution in [0.4, 0.5) is 0 Å². The van der Waals surface area contributed by atoms with Crippen molar-refractivity contribution in [2.24, 2.45) is 10.4 Å². The number of nitrogens with zero attached hydrogens (tertiary/aromatic N) is 6. The fraction of sp³-hybridized carbons (Fsp3) is 0.323. The van der Waals surface area contributed by atoms with Crippen molar-refractivity contribution in [2.45, 2.75) is 39.3 Å². The van der Waals surface area contributed by atoms with Crippen LogP contribution in [0.3, 0.4) is 0 Å². The van der Waals surface area contributed by atoms with Crippen molar-refractivity contribution >= 4 is 17.5 Å². The molecule has 11 nitrogen and oxygen atoms in total. The summed E-state index contributed by atoms with van der Waals surface area (Å²) in [4.78, 5) is 40.7. The molecule has 0 aliphatic carbocycles. The zero-order chi connectivity index (χ0) is 30.3. The largest absolute Gasteiger partial charge is 0.487 e. The monoisotopic (exact) mass is 602 g/mol. The molecule has 1 atom stereocenters. The lowest BCUT2D eigenvalue weighted by atomic mass is 10.0. The molecule has 0 bridgehead atoms. The summed E-state index contributed by atoms with van der Waals surface area (Å²) >= 11 is 6.63. The van der Waals surface area contributed by atoms with E-state index in [9.17, 15) is 14.6 Å². The third-order valence-corrected chi connectivity index (χ3v) is 7.76. The van der Waals surface area contributed by atoms with Crippen LogP contribution < -0.4 is 9.47 Å². The molecule has 4 aromatic rings. The van der Waals surface area contributed by atoms with Gasteiger partial charge in [0.25, 0.3) is 0 Å². The first-order valence-electron chi connectivity index (χ1n) is 14.0. The van der Waals surface area contributed by atoms with Gasteiger partial charge in [-0.25, -0.2) is 4.98 Å². The Bertz CT molecular complexity index is 1640. The van der Waals surface area contributed by atoms with E-state index in [-0.39, 0.29) is 24.1 Å². The Morgan fingerprint density at radius 3 is 2.60 bits per heavy atom. The first-order valence-corrected chi connectivity index (χ1v) is 14.4. The highest BCUT2D eigenvalue weighted by Crippen LogP contribution is 2.37. The molecule has 1 amide bonds. The van der Waals surface area contributed by atoms with Gasteiger partial charge in [-0.2, -0.15) is 14.7 Å². The Balaban J connectivity index is 1.38. The highest BCUT2D eigenvalue weighted by atomic mass is 35.5. The molecule has 0 radical (unpaired) electrons. The molecular formula is C31H31ClN6O5. The fourth-order valence-electron chi connectivity index (χ4n) is 5.23. The molecule has 3 heterocycles. The molecule has 0 saturated carbocycles. The molecule has 1 aliphatic rings. The van der Waals surface area contributed by atoms with Crippen LogP contribution in [0, 0.1) is 9.81 Å². The summed E-state index contributed by atoms with van der Waals surface area (Å²) in [6.45, 7) is 6.40. The van der Waals surface area contributed by atoms with Gasteiger partial charge in [-0.3, -0.25) is 9.69 Å². The molecule has 12 heteroatoms. The van der Waals surface area contributed by atoms with Crippen molar-refractivity contribution in [2.75, 3.05) is 26.2 Å². The number of amides is 1. The minimum absolute atomic E-state index is 0.0447. The van der Waals surface area contributed by atoms with Crippen LogP contribution in [-0.4, -0.2) is 57.9 Å². The number of hydrogen-bond acceptors (Lipinski definition) is 9. The molecule has 0 saturated heterocycles. The third-order valence-electron chi connectivity index (χ3n) is 7.47. The summed E-state index contributed by atoms with van der Waals surface area (Å²) in [5.41, 5.74) is 4.79. The van der Waals surface area contributed by atoms with Crippen molar-refractivity contribution in [1.82, 2.24) is 19.7 Å². The van der Waals surface area contributed by atoms with Crippen molar-refractivity contribution in [3.05, 3.63) is 97.9 Å². The number of hydrogen-bond donors (Lipinski definition) is 0. The van der Waals surface area contributed by atoms with E-state index in [1.807, 2.05) is 25.1 Å². The second-order valence-corrected chi connectivity index (χ2v) is 10.6. The molecule has 1 unspecified atom stereocenters. The number of fused-ring (bicyclic) bond motifs is 1. The van der Waals surface area contributed by atoms with Gasteiger partial charge in [0.1, 0.15) is 17.9 Å². The SMILES string of the molecule is CCOc1c(C(=O)N=O)cnn1-c1cccc(-c2cccc(Cl)c2OCc2ccc3c(c2)CCN(C(C)CN=O)CC3)n1. The summed E-state index contributed by atoms with van der Waals surface area (Å²) in [6, 6.07) is 17.3. The first kappa shape index (κ1) is 30.0. The predicted molar refractivity (Wildman–Crippen MR) is 163 cm³/mol. The van der Waals surface area contributed by atoms with Gasteiger partial charge in [0.15, 0.2) is 5.82 Å². The van der Waals surface area contributed by atoms with Crippen molar-refractivity contribution in [3.8, 4) is 28.7 Å². The van der Waals surface area contributed by atoms with Crippen LogP contribution in [0.1, 0.15) is 40.9 Å². The van der Waals surface area contributed by atoms with E-state index < -0.39 is 5.91 Å². The lowest BCUT2D eigenvalue weighted by molar-refractivity contribution is 0.0997. The lowest BCUT2D eigenvalue weighted by Gasteiger charge is -2.25. The average Bonchev–Trinajstić information content (AvgIpc) is 3.32. The number of halogens is 1.